The number of halogens is 1. The summed E-state index contributed by atoms with van der Waals surface area (Å²) >= 11 is 0. The molecule has 1 atom stereocenters. The Labute approximate surface area is 156 Å². The molecule has 26 heavy (non-hydrogen) atoms. The lowest BCUT2D eigenvalue weighted by Crippen LogP contribution is -2.44. The van der Waals surface area contributed by atoms with Crippen molar-refractivity contribution in [3.63, 3.8) is 0 Å². The van der Waals surface area contributed by atoms with Gasteiger partial charge in [-0.1, -0.05) is 23.4 Å². The third-order valence-electron chi connectivity index (χ3n) is 4.27. The van der Waals surface area contributed by atoms with E-state index in [0.717, 1.165) is 19.6 Å². The number of nitrogens with one attached hydrogen (secondary N) is 1. The van der Waals surface area contributed by atoms with Gasteiger partial charge in [0.15, 0.2) is 5.82 Å². The number of likely N-dealkylation sites (N-methyl/N-ethyl adjacent to an activating group) is 1. The predicted molar refractivity (Wildman–Crippen MR) is 98.6 cm³/mol. The van der Waals surface area contributed by atoms with Crippen molar-refractivity contribution in [3.05, 3.63) is 58.6 Å². The number of aromatic nitrogens is 4. The molecule has 1 N–H and O–H groups in total. The van der Waals surface area contributed by atoms with Crippen molar-refractivity contribution in [2.45, 2.75) is 6.04 Å². The van der Waals surface area contributed by atoms with Crippen molar-refractivity contribution in [2.75, 3.05) is 26.7 Å². The van der Waals surface area contributed by atoms with Crippen LogP contribution in [-0.2, 0) is 0 Å². The van der Waals surface area contributed by atoms with E-state index in [4.69, 9.17) is 4.52 Å². The molecule has 0 spiro atoms. The van der Waals surface area contributed by atoms with Gasteiger partial charge in [-0.2, -0.15) is 14.8 Å². The molecule has 1 fully saturated rings. The van der Waals surface area contributed by atoms with Crippen LogP contribution in [0.5, 0.6) is 0 Å². The quantitative estimate of drug-likeness (QED) is 0.738. The van der Waals surface area contributed by atoms with Crippen molar-refractivity contribution >= 4 is 12.4 Å². The molecule has 8 nitrogen and oxygen atoms in total. The van der Waals surface area contributed by atoms with Gasteiger partial charge >= 0.3 is 0 Å². The Bertz CT molecular complexity index is 926. The first kappa shape index (κ1) is 18.2. The van der Waals surface area contributed by atoms with Gasteiger partial charge in [-0.3, -0.25) is 9.69 Å². The molecule has 0 bridgehead atoms. The molecule has 1 unspecified atom stereocenters. The van der Waals surface area contributed by atoms with Gasteiger partial charge in [0.1, 0.15) is 5.69 Å². The fourth-order valence-corrected chi connectivity index (χ4v) is 2.85. The predicted octanol–water partition coefficient (Wildman–Crippen LogP) is 1.28. The summed E-state index contributed by atoms with van der Waals surface area (Å²) in [6.45, 7) is 2.64. The second-order valence-electron chi connectivity index (χ2n) is 5.96. The van der Waals surface area contributed by atoms with Gasteiger partial charge in [-0.15, -0.1) is 12.4 Å². The molecule has 0 aliphatic carbocycles. The van der Waals surface area contributed by atoms with E-state index < -0.39 is 0 Å². The van der Waals surface area contributed by atoms with Gasteiger partial charge in [0.25, 0.3) is 11.4 Å². The number of hydrogen-bond donors (Lipinski definition) is 1. The maximum atomic E-state index is 12.1. The van der Waals surface area contributed by atoms with Gasteiger partial charge in [0.05, 0.1) is 11.7 Å². The highest BCUT2D eigenvalue weighted by Crippen LogP contribution is 2.21. The van der Waals surface area contributed by atoms with Crippen LogP contribution in [0.1, 0.15) is 11.9 Å². The zero-order valence-electron chi connectivity index (χ0n) is 14.2. The van der Waals surface area contributed by atoms with Crippen LogP contribution in [0.25, 0.3) is 17.3 Å². The summed E-state index contributed by atoms with van der Waals surface area (Å²) in [5.41, 5.74) is 0.935. The van der Waals surface area contributed by atoms with Crippen LogP contribution in [0.4, 0.5) is 0 Å². The van der Waals surface area contributed by atoms with Crippen LogP contribution < -0.4 is 10.9 Å². The topological polar surface area (TPSA) is 89.1 Å². The Kier molecular flexibility index (Phi) is 5.46. The van der Waals surface area contributed by atoms with Crippen LogP contribution in [0.15, 0.2) is 51.8 Å². The van der Waals surface area contributed by atoms with E-state index in [2.05, 4.69) is 25.5 Å². The number of hydrogen-bond acceptors (Lipinski definition) is 7. The molecule has 4 rings (SSSR count). The number of nitrogens with zero attached hydrogens (tertiary/aromatic N) is 5. The lowest BCUT2D eigenvalue weighted by atomic mass is 10.2. The SMILES string of the molecule is CN1CCNCC1c1noc(-c2ccc(=O)n(-c3ccccc3)n2)n1.Cl. The first-order valence-corrected chi connectivity index (χ1v) is 8.13. The van der Waals surface area contributed by atoms with Crippen molar-refractivity contribution in [1.82, 2.24) is 30.1 Å². The summed E-state index contributed by atoms with van der Waals surface area (Å²) in [5.74, 6) is 0.919. The molecule has 3 heterocycles. The fourth-order valence-electron chi connectivity index (χ4n) is 2.85. The van der Waals surface area contributed by atoms with E-state index in [0.29, 0.717) is 23.1 Å². The second kappa shape index (κ2) is 7.77. The molecule has 1 aliphatic rings. The van der Waals surface area contributed by atoms with Crippen molar-refractivity contribution < 1.29 is 4.52 Å². The van der Waals surface area contributed by atoms with Crippen molar-refractivity contribution in [3.8, 4) is 17.3 Å². The zero-order chi connectivity index (χ0) is 17.2. The van der Waals surface area contributed by atoms with Gasteiger partial charge < -0.3 is 9.84 Å². The van der Waals surface area contributed by atoms with Crippen molar-refractivity contribution in [2.24, 2.45) is 0 Å². The van der Waals surface area contributed by atoms with Gasteiger partial charge in [-0.25, -0.2) is 0 Å². The molecule has 1 aromatic carbocycles. The third-order valence-corrected chi connectivity index (χ3v) is 4.27. The van der Waals surface area contributed by atoms with E-state index in [1.165, 1.54) is 10.7 Å². The Morgan fingerprint density at radius 3 is 2.77 bits per heavy atom. The fraction of sp³-hybridized carbons (Fsp3) is 0.294. The number of piperazine rings is 1. The summed E-state index contributed by atoms with van der Waals surface area (Å²) in [5, 5.41) is 11.8. The highest BCUT2D eigenvalue weighted by Gasteiger charge is 2.25. The van der Waals surface area contributed by atoms with E-state index in [9.17, 15) is 4.79 Å². The molecule has 2 aromatic heterocycles. The van der Waals surface area contributed by atoms with Gasteiger partial charge in [0, 0.05) is 25.7 Å². The molecule has 1 aliphatic heterocycles. The van der Waals surface area contributed by atoms with Gasteiger partial charge in [-0.05, 0) is 25.2 Å². The molecular weight excluding hydrogens is 356 g/mol. The lowest BCUT2D eigenvalue weighted by molar-refractivity contribution is 0.190. The van der Waals surface area contributed by atoms with E-state index >= 15 is 0 Å². The summed E-state index contributed by atoms with van der Waals surface area (Å²) in [4.78, 5) is 18.8. The monoisotopic (exact) mass is 374 g/mol. The second-order valence-corrected chi connectivity index (χ2v) is 5.96. The van der Waals surface area contributed by atoms with E-state index in [-0.39, 0.29) is 24.0 Å². The standard InChI is InChI=1S/C17H18N6O2.ClH/c1-22-10-9-18-11-14(22)16-19-17(25-21-16)13-7-8-15(24)23(20-13)12-5-3-2-4-6-12;/h2-8,14,18H,9-11H2,1H3;1H. The van der Waals surface area contributed by atoms with Crippen LogP contribution in [0.2, 0.25) is 0 Å². The zero-order valence-corrected chi connectivity index (χ0v) is 15.0. The summed E-state index contributed by atoms with van der Waals surface area (Å²) in [7, 11) is 2.04. The summed E-state index contributed by atoms with van der Waals surface area (Å²) in [6, 6.07) is 12.3. The average molecular weight is 375 g/mol. The summed E-state index contributed by atoms with van der Waals surface area (Å²) in [6.07, 6.45) is 0. The Balaban J connectivity index is 0.00000196. The largest absolute Gasteiger partial charge is 0.332 e. The molecule has 0 saturated carbocycles. The molecule has 9 heteroatoms. The molecule has 0 radical (unpaired) electrons. The molecule has 3 aromatic rings. The number of benzene rings is 1. The van der Waals surface area contributed by atoms with E-state index in [1.807, 2.05) is 37.4 Å². The van der Waals surface area contributed by atoms with Crippen LogP contribution in [-0.4, -0.2) is 51.5 Å². The third kappa shape index (κ3) is 3.52. The molecular formula is C17H19ClN6O2. The van der Waals surface area contributed by atoms with Crippen LogP contribution in [0.3, 0.4) is 0 Å². The minimum Gasteiger partial charge on any atom is -0.332 e. The Hall–Kier alpha value is -2.55. The normalized spacial score (nSPS) is 17.7. The number of para-hydroxylation sites is 1. The van der Waals surface area contributed by atoms with Gasteiger partial charge in [0.2, 0.25) is 0 Å². The minimum atomic E-state index is -0.217. The highest BCUT2D eigenvalue weighted by molar-refractivity contribution is 5.85. The molecule has 0 amide bonds. The molecule has 136 valence electrons. The maximum absolute atomic E-state index is 12.1. The highest BCUT2D eigenvalue weighted by atomic mass is 35.5. The molecule has 1 saturated heterocycles. The summed E-state index contributed by atoms with van der Waals surface area (Å²) < 4.78 is 6.72. The Morgan fingerprint density at radius 1 is 1.19 bits per heavy atom. The first-order chi connectivity index (χ1) is 12.2. The lowest BCUT2D eigenvalue weighted by Gasteiger charge is -2.30. The number of rotatable bonds is 3. The van der Waals surface area contributed by atoms with E-state index in [1.54, 1.807) is 6.07 Å². The Morgan fingerprint density at radius 2 is 2.00 bits per heavy atom. The van der Waals surface area contributed by atoms with Crippen LogP contribution in [0, 0.1) is 0 Å². The minimum absolute atomic E-state index is 0. The smallest absolute Gasteiger partial charge is 0.278 e. The average Bonchev–Trinajstić information content (AvgIpc) is 3.13. The maximum Gasteiger partial charge on any atom is 0.278 e. The van der Waals surface area contributed by atoms with Crippen molar-refractivity contribution in [1.29, 1.82) is 0 Å². The first-order valence-electron chi connectivity index (χ1n) is 8.13. The van der Waals surface area contributed by atoms with Crippen LogP contribution >= 0.6 is 12.4 Å².